The molecule has 3 heteroatoms. The standard InChI is InChI=1S/C7H13NO.C6H5F/c1-7(2)8-3-5-9-6-4-8;7-6-4-2-1-3-5-6/h1,3-6H2,2H3;1-5H. The minimum absolute atomic E-state index is 0.178. The Morgan fingerprint density at radius 2 is 1.81 bits per heavy atom. The van der Waals surface area contributed by atoms with Gasteiger partial charge in [-0.25, -0.2) is 4.39 Å². The first-order valence-electron chi connectivity index (χ1n) is 5.39. The summed E-state index contributed by atoms with van der Waals surface area (Å²) in [7, 11) is 0. The number of halogens is 1. The Kier molecular flexibility index (Phi) is 5.57. The molecule has 0 amide bonds. The summed E-state index contributed by atoms with van der Waals surface area (Å²) in [5.41, 5.74) is 1.15. The molecule has 0 spiro atoms. The summed E-state index contributed by atoms with van der Waals surface area (Å²) < 4.78 is 17.1. The van der Waals surface area contributed by atoms with Gasteiger partial charge in [0.2, 0.25) is 0 Å². The Balaban J connectivity index is 0.000000165. The minimum atomic E-state index is -0.178. The van der Waals surface area contributed by atoms with Gasteiger partial charge in [-0.15, -0.1) is 0 Å². The van der Waals surface area contributed by atoms with Crippen molar-refractivity contribution in [3.8, 4) is 0 Å². The van der Waals surface area contributed by atoms with Crippen LogP contribution >= 0.6 is 0 Å². The fourth-order valence-electron chi connectivity index (χ4n) is 1.36. The molecule has 1 aliphatic heterocycles. The van der Waals surface area contributed by atoms with Crippen molar-refractivity contribution in [2.24, 2.45) is 0 Å². The smallest absolute Gasteiger partial charge is 0.123 e. The molecule has 0 saturated carbocycles. The zero-order valence-electron chi connectivity index (χ0n) is 9.66. The Morgan fingerprint density at radius 1 is 1.25 bits per heavy atom. The zero-order chi connectivity index (χ0) is 11.8. The Hall–Kier alpha value is -1.35. The minimum Gasteiger partial charge on any atom is -0.378 e. The molecule has 0 bridgehead atoms. The van der Waals surface area contributed by atoms with Gasteiger partial charge in [0, 0.05) is 18.8 Å². The maximum Gasteiger partial charge on any atom is 0.123 e. The molecule has 1 aromatic carbocycles. The van der Waals surface area contributed by atoms with E-state index in [2.05, 4.69) is 11.5 Å². The van der Waals surface area contributed by atoms with Crippen LogP contribution in [0.25, 0.3) is 0 Å². The molecule has 16 heavy (non-hydrogen) atoms. The van der Waals surface area contributed by atoms with Crippen LogP contribution < -0.4 is 0 Å². The summed E-state index contributed by atoms with van der Waals surface area (Å²) in [6.07, 6.45) is 0. The van der Waals surface area contributed by atoms with Crippen molar-refractivity contribution in [1.82, 2.24) is 4.90 Å². The van der Waals surface area contributed by atoms with Gasteiger partial charge in [0.15, 0.2) is 0 Å². The van der Waals surface area contributed by atoms with Gasteiger partial charge >= 0.3 is 0 Å². The van der Waals surface area contributed by atoms with Crippen LogP contribution in [-0.2, 0) is 4.74 Å². The molecule has 2 rings (SSSR count). The van der Waals surface area contributed by atoms with Gasteiger partial charge in [-0.2, -0.15) is 0 Å². The highest BCUT2D eigenvalue weighted by Gasteiger charge is 2.07. The normalized spacial score (nSPS) is 15.0. The third kappa shape index (κ3) is 4.94. The molecule has 1 saturated heterocycles. The van der Waals surface area contributed by atoms with E-state index >= 15 is 0 Å². The number of ether oxygens (including phenoxy) is 1. The predicted octanol–water partition coefficient (Wildman–Crippen LogP) is 2.68. The first-order chi connectivity index (χ1) is 7.70. The van der Waals surface area contributed by atoms with Crippen molar-refractivity contribution < 1.29 is 9.13 Å². The van der Waals surface area contributed by atoms with Crippen LogP contribution in [0.15, 0.2) is 42.6 Å². The monoisotopic (exact) mass is 223 g/mol. The molecule has 1 aromatic rings. The van der Waals surface area contributed by atoms with Gasteiger partial charge in [-0.3, -0.25) is 0 Å². The molecule has 0 unspecified atom stereocenters. The Bertz CT molecular complexity index is 307. The van der Waals surface area contributed by atoms with Gasteiger partial charge < -0.3 is 9.64 Å². The predicted molar refractivity (Wildman–Crippen MR) is 63.6 cm³/mol. The second kappa shape index (κ2) is 7.01. The Morgan fingerprint density at radius 3 is 2.12 bits per heavy atom. The lowest BCUT2D eigenvalue weighted by atomic mass is 10.4. The Labute approximate surface area is 96.3 Å². The van der Waals surface area contributed by atoms with Crippen molar-refractivity contribution in [3.63, 3.8) is 0 Å². The van der Waals surface area contributed by atoms with Crippen molar-refractivity contribution in [3.05, 3.63) is 48.4 Å². The second-order valence-corrected chi connectivity index (χ2v) is 3.63. The number of rotatable bonds is 1. The molecule has 1 heterocycles. The number of allylic oxidation sites excluding steroid dienone is 1. The van der Waals surface area contributed by atoms with Crippen LogP contribution in [0.2, 0.25) is 0 Å². The highest BCUT2D eigenvalue weighted by molar-refractivity contribution is 5.02. The molecule has 88 valence electrons. The van der Waals surface area contributed by atoms with E-state index in [-0.39, 0.29) is 5.82 Å². The number of morpholine rings is 1. The van der Waals surface area contributed by atoms with Crippen molar-refractivity contribution in [1.29, 1.82) is 0 Å². The lowest BCUT2D eigenvalue weighted by Gasteiger charge is -2.28. The van der Waals surface area contributed by atoms with E-state index in [1.807, 2.05) is 6.92 Å². The number of benzene rings is 1. The number of hydrogen-bond donors (Lipinski definition) is 0. The van der Waals surface area contributed by atoms with E-state index in [9.17, 15) is 4.39 Å². The number of nitrogens with zero attached hydrogens (tertiary/aromatic N) is 1. The molecular weight excluding hydrogens is 205 g/mol. The molecule has 0 N–H and O–H groups in total. The van der Waals surface area contributed by atoms with Crippen LogP contribution in [0.4, 0.5) is 4.39 Å². The highest BCUT2D eigenvalue weighted by atomic mass is 19.1. The largest absolute Gasteiger partial charge is 0.378 e. The third-order valence-electron chi connectivity index (χ3n) is 2.28. The highest BCUT2D eigenvalue weighted by Crippen LogP contribution is 2.02. The number of hydrogen-bond acceptors (Lipinski definition) is 2. The topological polar surface area (TPSA) is 12.5 Å². The summed E-state index contributed by atoms with van der Waals surface area (Å²) in [4.78, 5) is 2.24. The maximum absolute atomic E-state index is 11.9. The second-order valence-electron chi connectivity index (χ2n) is 3.63. The molecule has 0 aromatic heterocycles. The van der Waals surface area contributed by atoms with Gasteiger partial charge in [-0.05, 0) is 19.1 Å². The quantitative estimate of drug-likeness (QED) is 0.725. The third-order valence-corrected chi connectivity index (χ3v) is 2.28. The maximum atomic E-state index is 11.9. The molecule has 0 aliphatic carbocycles. The van der Waals surface area contributed by atoms with E-state index in [1.54, 1.807) is 18.2 Å². The van der Waals surface area contributed by atoms with Crippen LogP contribution in [0.3, 0.4) is 0 Å². The summed E-state index contributed by atoms with van der Waals surface area (Å²) in [5, 5.41) is 0. The summed E-state index contributed by atoms with van der Waals surface area (Å²) >= 11 is 0. The average Bonchev–Trinajstić information content (AvgIpc) is 2.32. The molecule has 1 fully saturated rings. The molecule has 1 aliphatic rings. The van der Waals surface area contributed by atoms with Crippen LogP contribution in [0, 0.1) is 5.82 Å². The lowest BCUT2D eigenvalue weighted by molar-refractivity contribution is 0.0540. The van der Waals surface area contributed by atoms with Crippen LogP contribution in [-0.4, -0.2) is 31.2 Å². The van der Waals surface area contributed by atoms with Crippen LogP contribution in [0.5, 0.6) is 0 Å². The first kappa shape index (κ1) is 12.7. The van der Waals surface area contributed by atoms with Gasteiger partial charge in [0.25, 0.3) is 0 Å². The van der Waals surface area contributed by atoms with Crippen LogP contribution in [0.1, 0.15) is 6.92 Å². The summed E-state index contributed by atoms with van der Waals surface area (Å²) in [5.74, 6) is -0.178. The summed E-state index contributed by atoms with van der Waals surface area (Å²) in [6.45, 7) is 9.61. The average molecular weight is 223 g/mol. The van der Waals surface area contributed by atoms with Crippen molar-refractivity contribution in [2.75, 3.05) is 26.3 Å². The zero-order valence-corrected chi connectivity index (χ0v) is 9.66. The van der Waals surface area contributed by atoms with E-state index in [0.717, 1.165) is 32.0 Å². The van der Waals surface area contributed by atoms with Crippen molar-refractivity contribution >= 4 is 0 Å². The van der Waals surface area contributed by atoms with E-state index in [1.165, 1.54) is 12.1 Å². The van der Waals surface area contributed by atoms with Gasteiger partial charge in [0.05, 0.1) is 13.2 Å². The lowest BCUT2D eigenvalue weighted by Crippen LogP contribution is -2.34. The molecule has 2 nitrogen and oxygen atoms in total. The summed E-state index contributed by atoms with van der Waals surface area (Å²) in [6, 6.07) is 7.94. The first-order valence-corrected chi connectivity index (χ1v) is 5.39. The SMILES string of the molecule is C=C(C)N1CCOCC1.Fc1ccccc1. The molecular formula is C13H18FNO. The fourth-order valence-corrected chi connectivity index (χ4v) is 1.36. The van der Waals surface area contributed by atoms with Gasteiger partial charge in [-0.1, -0.05) is 24.8 Å². The molecule has 0 atom stereocenters. The molecule has 0 radical (unpaired) electrons. The van der Waals surface area contributed by atoms with Gasteiger partial charge in [0.1, 0.15) is 5.82 Å². The van der Waals surface area contributed by atoms with E-state index < -0.39 is 0 Å². The van der Waals surface area contributed by atoms with E-state index in [4.69, 9.17) is 4.74 Å². The fraction of sp³-hybridized carbons (Fsp3) is 0.385. The van der Waals surface area contributed by atoms with Crippen molar-refractivity contribution in [2.45, 2.75) is 6.92 Å². The van der Waals surface area contributed by atoms with E-state index in [0.29, 0.717) is 0 Å².